The zero-order chi connectivity index (χ0) is 21.6. The summed E-state index contributed by atoms with van der Waals surface area (Å²) in [7, 11) is 0. The summed E-state index contributed by atoms with van der Waals surface area (Å²) in [5.41, 5.74) is 9.42. The van der Waals surface area contributed by atoms with E-state index in [1.165, 1.54) is 11.1 Å². The van der Waals surface area contributed by atoms with Gasteiger partial charge in [0.2, 0.25) is 0 Å². The predicted molar refractivity (Wildman–Crippen MR) is 120 cm³/mol. The van der Waals surface area contributed by atoms with Gasteiger partial charge in [0, 0.05) is 11.5 Å². The van der Waals surface area contributed by atoms with Crippen molar-refractivity contribution in [1.29, 1.82) is 0 Å². The molecule has 1 aliphatic carbocycles. The molecule has 3 aromatic carbocycles. The van der Waals surface area contributed by atoms with Crippen molar-refractivity contribution in [3.8, 4) is 5.75 Å². The van der Waals surface area contributed by atoms with Gasteiger partial charge in [0.15, 0.2) is 6.61 Å². The van der Waals surface area contributed by atoms with Gasteiger partial charge in [-0.05, 0) is 60.2 Å². The van der Waals surface area contributed by atoms with Gasteiger partial charge >= 0.3 is 0 Å². The predicted octanol–water partition coefficient (Wildman–Crippen LogP) is 4.14. The number of hydrogen-bond donors (Lipinski definition) is 2. The number of aryl methyl sites for hydroxylation is 1. The summed E-state index contributed by atoms with van der Waals surface area (Å²) in [6.07, 6.45) is 3.21. The first-order chi connectivity index (χ1) is 15.1. The highest BCUT2D eigenvalue weighted by Crippen LogP contribution is 2.40. The molecule has 0 bridgehead atoms. The number of carbonyl (C=O) groups is 2. The third-order valence-electron chi connectivity index (χ3n) is 5.76. The van der Waals surface area contributed by atoms with Crippen molar-refractivity contribution >= 4 is 11.8 Å². The lowest BCUT2D eigenvalue weighted by atomic mass is 9.76. The number of amides is 2. The SMILES string of the molecule is NC(=O)COc1ccc(C(=O)N[C@H](c2ccccc2)[C@@H]2CCCc3ccccc32)cc1. The van der Waals surface area contributed by atoms with Crippen LogP contribution in [0.15, 0.2) is 78.9 Å². The van der Waals surface area contributed by atoms with E-state index in [2.05, 4.69) is 41.7 Å². The van der Waals surface area contributed by atoms with Crippen LogP contribution in [-0.2, 0) is 11.2 Å². The molecule has 2 amide bonds. The van der Waals surface area contributed by atoms with E-state index >= 15 is 0 Å². The van der Waals surface area contributed by atoms with Crippen molar-refractivity contribution in [1.82, 2.24) is 5.32 Å². The number of ether oxygens (including phenoxy) is 1. The molecular weight excluding hydrogens is 388 g/mol. The molecule has 4 rings (SSSR count). The molecule has 31 heavy (non-hydrogen) atoms. The molecule has 0 aromatic heterocycles. The van der Waals surface area contributed by atoms with Crippen molar-refractivity contribution in [3.05, 3.63) is 101 Å². The third kappa shape index (κ3) is 4.94. The maximum Gasteiger partial charge on any atom is 0.255 e. The number of carbonyl (C=O) groups excluding carboxylic acids is 2. The minimum absolute atomic E-state index is 0.124. The summed E-state index contributed by atoms with van der Waals surface area (Å²) < 4.78 is 5.28. The topological polar surface area (TPSA) is 81.4 Å². The Labute approximate surface area is 182 Å². The number of nitrogens with one attached hydrogen (secondary N) is 1. The Morgan fingerprint density at radius 3 is 2.42 bits per heavy atom. The molecule has 158 valence electrons. The number of rotatable bonds is 7. The highest BCUT2D eigenvalue weighted by molar-refractivity contribution is 5.94. The highest BCUT2D eigenvalue weighted by atomic mass is 16.5. The Balaban J connectivity index is 1.58. The number of nitrogens with two attached hydrogens (primary N) is 1. The molecule has 0 aliphatic heterocycles. The molecule has 0 heterocycles. The molecule has 1 aliphatic rings. The van der Waals surface area contributed by atoms with Gasteiger partial charge in [-0.2, -0.15) is 0 Å². The minimum Gasteiger partial charge on any atom is -0.484 e. The van der Waals surface area contributed by atoms with E-state index in [-0.39, 0.29) is 24.5 Å². The first-order valence-electron chi connectivity index (χ1n) is 10.6. The van der Waals surface area contributed by atoms with Gasteiger partial charge in [0.1, 0.15) is 5.75 Å². The van der Waals surface area contributed by atoms with E-state index in [0.717, 1.165) is 24.8 Å². The fourth-order valence-corrected chi connectivity index (χ4v) is 4.30. The molecule has 5 nitrogen and oxygen atoms in total. The Morgan fingerprint density at radius 2 is 1.68 bits per heavy atom. The molecule has 0 saturated heterocycles. The van der Waals surface area contributed by atoms with E-state index in [4.69, 9.17) is 10.5 Å². The van der Waals surface area contributed by atoms with Crippen LogP contribution in [0.2, 0.25) is 0 Å². The van der Waals surface area contributed by atoms with Crippen LogP contribution in [0.4, 0.5) is 0 Å². The van der Waals surface area contributed by atoms with Crippen LogP contribution in [0, 0.1) is 0 Å². The fraction of sp³-hybridized carbons (Fsp3) is 0.231. The second kappa shape index (κ2) is 9.47. The normalized spacial score (nSPS) is 16.1. The number of primary amides is 1. The van der Waals surface area contributed by atoms with Gasteiger partial charge in [-0.25, -0.2) is 0 Å². The Bertz CT molecular complexity index is 1050. The van der Waals surface area contributed by atoms with Crippen LogP contribution in [0.25, 0.3) is 0 Å². The molecule has 5 heteroatoms. The first kappa shape index (κ1) is 20.7. The average molecular weight is 415 g/mol. The second-order valence-corrected chi connectivity index (χ2v) is 7.84. The second-order valence-electron chi connectivity index (χ2n) is 7.84. The molecule has 0 unspecified atom stereocenters. The Morgan fingerprint density at radius 1 is 0.968 bits per heavy atom. The molecule has 3 aromatic rings. The van der Waals surface area contributed by atoms with Crippen molar-refractivity contribution < 1.29 is 14.3 Å². The molecule has 2 atom stereocenters. The van der Waals surface area contributed by atoms with E-state index in [9.17, 15) is 9.59 Å². The van der Waals surface area contributed by atoms with Crippen LogP contribution in [0.5, 0.6) is 5.75 Å². The van der Waals surface area contributed by atoms with Crippen molar-refractivity contribution in [2.75, 3.05) is 6.61 Å². The number of hydrogen-bond acceptors (Lipinski definition) is 3. The Kier molecular flexibility index (Phi) is 6.32. The van der Waals surface area contributed by atoms with Crippen LogP contribution in [-0.4, -0.2) is 18.4 Å². The van der Waals surface area contributed by atoms with E-state index in [0.29, 0.717) is 11.3 Å². The lowest BCUT2D eigenvalue weighted by molar-refractivity contribution is -0.119. The lowest BCUT2D eigenvalue weighted by Gasteiger charge is -2.33. The largest absolute Gasteiger partial charge is 0.484 e. The monoisotopic (exact) mass is 414 g/mol. The van der Waals surface area contributed by atoms with Crippen LogP contribution < -0.4 is 15.8 Å². The van der Waals surface area contributed by atoms with E-state index < -0.39 is 5.91 Å². The average Bonchev–Trinajstić information content (AvgIpc) is 2.81. The first-order valence-corrected chi connectivity index (χ1v) is 10.6. The van der Waals surface area contributed by atoms with Gasteiger partial charge in [-0.1, -0.05) is 54.6 Å². The van der Waals surface area contributed by atoms with Gasteiger partial charge in [0.25, 0.3) is 11.8 Å². The summed E-state index contributed by atoms with van der Waals surface area (Å²) in [4.78, 5) is 24.0. The molecule has 0 fully saturated rings. The molecule has 0 spiro atoms. The van der Waals surface area contributed by atoms with Crippen LogP contribution in [0.1, 0.15) is 51.8 Å². The summed E-state index contributed by atoms with van der Waals surface area (Å²) in [5, 5.41) is 3.28. The molecule has 3 N–H and O–H groups in total. The maximum atomic E-state index is 13.1. The standard InChI is InChI=1S/C26H26N2O3/c27-24(29)17-31-21-15-13-20(14-16-21)26(30)28-25(19-8-2-1-3-9-19)23-12-6-10-18-7-4-5-11-22(18)23/h1-5,7-9,11,13-16,23,25H,6,10,12,17H2,(H2,27,29)(H,28,30)/t23-,25-/m1/s1. The molecule has 0 saturated carbocycles. The van der Waals surface area contributed by atoms with Crippen LogP contribution in [0.3, 0.4) is 0 Å². The van der Waals surface area contributed by atoms with Crippen LogP contribution >= 0.6 is 0 Å². The van der Waals surface area contributed by atoms with Gasteiger partial charge in [-0.15, -0.1) is 0 Å². The quantitative estimate of drug-likeness (QED) is 0.610. The van der Waals surface area contributed by atoms with Crippen molar-refractivity contribution in [2.45, 2.75) is 31.2 Å². The summed E-state index contributed by atoms with van der Waals surface area (Å²) >= 11 is 0. The zero-order valence-electron chi connectivity index (χ0n) is 17.3. The number of fused-ring (bicyclic) bond motifs is 1. The van der Waals surface area contributed by atoms with Gasteiger partial charge < -0.3 is 15.8 Å². The molecular formula is C26H26N2O3. The minimum atomic E-state index is -0.541. The van der Waals surface area contributed by atoms with Gasteiger partial charge in [0.05, 0.1) is 6.04 Å². The fourth-order valence-electron chi connectivity index (χ4n) is 4.30. The number of benzene rings is 3. The summed E-state index contributed by atoms with van der Waals surface area (Å²) in [6, 6.07) is 25.3. The summed E-state index contributed by atoms with van der Waals surface area (Å²) in [6.45, 7) is -0.192. The van der Waals surface area contributed by atoms with Crippen molar-refractivity contribution in [2.24, 2.45) is 5.73 Å². The van der Waals surface area contributed by atoms with E-state index in [1.54, 1.807) is 24.3 Å². The summed E-state index contributed by atoms with van der Waals surface area (Å²) in [5.74, 6) is 0.0317. The highest BCUT2D eigenvalue weighted by Gasteiger charge is 2.30. The smallest absolute Gasteiger partial charge is 0.255 e. The maximum absolute atomic E-state index is 13.1. The Hall–Kier alpha value is -3.60. The van der Waals surface area contributed by atoms with Gasteiger partial charge in [-0.3, -0.25) is 9.59 Å². The van der Waals surface area contributed by atoms with Crippen molar-refractivity contribution in [3.63, 3.8) is 0 Å². The lowest BCUT2D eigenvalue weighted by Crippen LogP contribution is -2.34. The van der Waals surface area contributed by atoms with E-state index in [1.807, 2.05) is 18.2 Å². The molecule has 0 radical (unpaired) electrons. The third-order valence-corrected chi connectivity index (χ3v) is 5.76. The zero-order valence-corrected chi connectivity index (χ0v) is 17.3.